The third kappa shape index (κ3) is 3.90. The Kier molecular flexibility index (Phi) is 5.25. The van der Waals surface area contributed by atoms with Crippen molar-refractivity contribution >= 4 is 34.4 Å². The molecular weight excluding hydrogens is 418 g/mol. The Morgan fingerprint density at radius 3 is 2.25 bits per heavy atom. The average molecular weight is 440 g/mol. The van der Waals surface area contributed by atoms with Crippen LogP contribution in [0.15, 0.2) is 91.1 Å². The first kappa shape index (κ1) is 20.1. The van der Waals surface area contributed by atoms with Gasteiger partial charge in [-0.05, 0) is 42.0 Å². The first-order valence-electron chi connectivity index (χ1n) is 10.3. The first-order valence-corrected chi connectivity index (χ1v) is 10.7. The summed E-state index contributed by atoms with van der Waals surface area (Å²) >= 11 is 6.09. The minimum atomic E-state index is 0.701. The highest BCUT2D eigenvalue weighted by Gasteiger charge is 2.14. The molecule has 0 aliphatic carbocycles. The fourth-order valence-corrected chi connectivity index (χ4v) is 3.76. The Labute approximate surface area is 191 Å². The Morgan fingerprint density at radius 2 is 1.56 bits per heavy atom. The van der Waals surface area contributed by atoms with Crippen LogP contribution in [0.4, 0.5) is 17.2 Å². The van der Waals surface area contributed by atoms with E-state index in [2.05, 4.69) is 51.7 Å². The molecule has 0 radical (unpaired) electrons. The lowest BCUT2D eigenvalue weighted by Crippen LogP contribution is -2.08. The molecule has 158 valence electrons. The molecule has 0 aliphatic rings. The third-order valence-corrected chi connectivity index (χ3v) is 5.60. The van der Waals surface area contributed by atoms with E-state index in [1.807, 2.05) is 73.3 Å². The van der Waals surface area contributed by atoms with Crippen LogP contribution in [0, 0.1) is 0 Å². The van der Waals surface area contributed by atoms with Gasteiger partial charge in [0.25, 0.3) is 0 Å². The lowest BCUT2D eigenvalue weighted by molar-refractivity contribution is 0.949. The van der Waals surface area contributed by atoms with Crippen LogP contribution in [0.3, 0.4) is 0 Å². The van der Waals surface area contributed by atoms with Crippen LogP contribution in [-0.2, 0) is 0 Å². The summed E-state index contributed by atoms with van der Waals surface area (Å²) in [5, 5.41) is 8.86. The van der Waals surface area contributed by atoms with Gasteiger partial charge in [-0.1, -0.05) is 54.1 Å². The summed E-state index contributed by atoms with van der Waals surface area (Å²) < 4.78 is 1.84. The second-order valence-corrected chi connectivity index (χ2v) is 8.20. The molecule has 6 heteroatoms. The van der Waals surface area contributed by atoms with Crippen molar-refractivity contribution in [1.82, 2.24) is 14.6 Å². The largest absolute Gasteiger partial charge is 0.378 e. The summed E-state index contributed by atoms with van der Waals surface area (Å²) in [6.45, 7) is 0. The van der Waals surface area contributed by atoms with Crippen LogP contribution in [0.5, 0.6) is 0 Å². The molecule has 5 rings (SSSR count). The normalized spacial score (nSPS) is 11.0. The lowest BCUT2D eigenvalue weighted by atomic mass is 10.1. The fraction of sp³-hybridized carbons (Fsp3) is 0.0769. The van der Waals surface area contributed by atoms with Gasteiger partial charge in [0.1, 0.15) is 5.82 Å². The van der Waals surface area contributed by atoms with Gasteiger partial charge in [0.2, 0.25) is 0 Å². The van der Waals surface area contributed by atoms with Crippen LogP contribution in [0.25, 0.3) is 28.0 Å². The van der Waals surface area contributed by atoms with Gasteiger partial charge in [-0.2, -0.15) is 9.61 Å². The highest BCUT2D eigenvalue weighted by molar-refractivity contribution is 6.30. The van der Waals surface area contributed by atoms with E-state index in [9.17, 15) is 0 Å². The highest BCUT2D eigenvalue weighted by atomic mass is 35.5. The molecule has 0 saturated heterocycles. The van der Waals surface area contributed by atoms with E-state index < -0.39 is 0 Å². The Bertz CT molecular complexity index is 1360. The van der Waals surface area contributed by atoms with Crippen LogP contribution in [0.1, 0.15) is 0 Å². The van der Waals surface area contributed by atoms with Crippen molar-refractivity contribution in [3.63, 3.8) is 0 Å². The van der Waals surface area contributed by atoms with Crippen molar-refractivity contribution in [2.75, 3.05) is 24.3 Å². The number of halogens is 1. The standard InChI is InChI=1S/C26H22ClN5/c1-31(2)22-14-12-21(13-15-22)29-25-16-24(19-6-4-3-5-7-19)30-26-23(17-28-32(25)26)18-8-10-20(27)11-9-18/h3-17,29H,1-2H3. The van der Waals surface area contributed by atoms with Crippen molar-refractivity contribution in [3.8, 4) is 22.4 Å². The minimum absolute atomic E-state index is 0.701. The zero-order chi connectivity index (χ0) is 22.1. The maximum atomic E-state index is 6.09. The molecule has 0 amide bonds. The van der Waals surface area contributed by atoms with Gasteiger partial charge >= 0.3 is 0 Å². The summed E-state index contributed by atoms with van der Waals surface area (Å²) in [4.78, 5) is 7.04. The molecule has 0 saturated carbocycles. The quantitative estimate of drug-likeness (QED) is 0.338. The molecule has 0 unspecified atom stereocenters. The first-order chi connectivity index (χ1) is 15.6. The molecule has 0 bridgehead atoms. The Morgan fingerprint density at radius 1 is 0.844 bits per heavy atom. The van der Waals surface area contributed by atoms with E-state index in [0.29, 0.717) is 5.02 Å². The molecule has 1 N–H and O–H groups in total. The van der Waals surface area contributed by atoms with Crippen molar-refractivity contribution in [1.29, 1.82) is 0 Å². The molecule has 0 aliphatic heterocycles. The number of nitrogens with one attached hydrogen (secondary N) is 1. The molecule has 2 heterocycles. The van der Waals surface area contributed by atoms with Gasteiger partial charge in [0, 0.05) is 47.7 Å². The molecule has 5 nitrogen and oxygen atoms in total. The summed E-state index contributed by atoms with van der Waals surface area (Å²) in [6, 6.07) is 28.2. The zero-order valence-corrected chi connectivity index (χ0v) is 18.6. The van der Waals surface area contributed by atoms with E-state index in [1.54, 1.807) is 0 Å². The number of hydrogen-bond donors (Lipinski definition) is 1. The maximum Gasteiger partial charge on any atom is 0.165 e. The molecule has 0 fully saturated rings. The number of benzene rings is 3. The predicted molar refractivity (Wildman–Crippen MR) is 133 cm³/mol. The summed E-state index contributed by atoms with van der Waals surface area (Å²) in [5.41, 5.74) is 6.79. The van der Waals surface area contributed by atoms with E-state index in [0.717, 1.165) is 45.2 Å². The summed E-state index contributed by atoms with van der Waals surface area (Å²) in [6.07, 6.45) is 1.85. The second kappa shape index (κ2) is 8.36. The molecule has 32 heavy (non-hydrogen) atoms. The van der Waals surface area contributed by atoms with Gasteiger partial charge in [-0.3, -0.25) is 0 Å². The number of anilines is 3. The number of nitrogens with zero attached hydrogens (tertiary/aromatic N) is 4. The Hall–Kier alpha value is -3.83. The zero-order valence-electron chi connectivity index (χ0n) is 17.8. The summed E-state index contributed by atoms with van der Waals surface area (Å²) in [5.74, 6) is 0.840. The summed E-state index contributed by atoms with van der Waals surface area (Å²) in [7, 11) is 4.06. The van der Waals surface area contributed by atoms with Gasteiger partial charge in [0.15, 0.2) is 5.65 Å². The van der Waals surface area contributed by atoms with Crippen molar-refractivity contribution < 1.29 is 0 Å². The molecule has 0 spiro atoms. The van der Waals surface area contributed by atoms with Crippen LogP contribution >= 0.6 is 11.6 Å². The van der Waals surface area contributed by atoms with Crippen LogP contribution in [-0.4, -0.2) is 28.7 Å². The molecule has 3 aromatic carbocycles. The van der Waals surface area contributed by atoms with Crippen molar-refractivity contribution in [2.24, 2.45) is 0 Å². The second-order valence-electron chi connectivity index (χ2n) is 7.76. The monoisotopic (exact) mass is 439 g/mol. The lowest BCUT2D eigenvalue weighted by Gasteiger charge is -2.14. The smallest absolute Gasteiger partial charge is 0.165 e. The number of hydrogen-bond acceptors (Lipinski definition) is 4. The Balaban J connectivity index is 1.64. The average Bonchev–Trinajstić information content (AvgIpc) is 3.25. The molecule has 2 aromatic heterocycles. The number of rotatable bonds is 5. The number of aromatic nitrogens is 3. The van der Waals surface area contributed by atoms with Gasteiger partial charge in [-0.15, -0.1) is 0 Å². The van der Waals surface area contributed by atoms with Crippen molar-refractivity contribution in [3.05, 3.63) is 96.1 Å². The third-order valence-electron chi connectivity index (χ3n) is 5.35. The van der Waals surface area contributed by atoms with Crippen molar-refractivity contribution in [2.45, 2.75) is 0 Å². The highest BCUT2D eigenvalue weighted by Crippen LogP contribution is 2.31. The topological polar surface area (TPSA) is 45.5 Å². The van der Waals surface area contributed by atoms with Gasteiger partial charge in [0.05, 0.1) is 11.9 Å². The molecule has 5 aromatic rings. The van der Waals surface area contributed by atoms with E-state index in [-0.39, 0.29) is 0 Å². The fourth-order valence-electron chi connectivity index (χ4n) is 3.63. The van der Waals surface area contributed by atoms with E-state index >= 15 is 0 Å². The number of fused-ring (bicyclic) bond motifs is 1. The van der Waals surface area contributed by atoms with Crippen LogP contribution < -0.4 is 10.2 Å². The maximum absolute atomic E-state index is 6.09. The minimum Gasteiger partial charge on any atom is -0.378 e. The van der Waals surface area contributed by atoms with E-state index in [4.69, 9.17) is 16.6 Å². The molecular formula is C26H22ClN5. The predicted octanol–water partition coefficient (Wildman–Crippen LogP) is 6.53. The van der Waals surface area contributed by atoms with Crippen LogP contribution in [0.2, 0.25) is 5.02 Å². The van der Waals surface area contributed by atoms with Gasteiger partial charge in [-0.25, -0.2) is 4.98 Å². The van der Waals surface area contributed by atoms with E-state index in [1.165, 1.54) is 0 Å². The SMILES string of the molecule is CN(C)c1ccc(Nc2cc(-c3ccccc3)nc3c(-c4ccc(Cl)cc4)cnn23)cc1. The van der Waals surface area contributed by atoms with Gasteiger partial charge < -0.3 is 10.2 Å². The molecule has 0 atom stereocenters.